The van der Waals surface area contributed by atoms with Crippen molar-refractivity contribution in [2.45, 2.75) is 46.5 Å². The molecule has 0 unspecified atom stereocenters. The van der Waals surface area contributed by atoms with E-state index in [4.69, 9.17) is 25.9 Å². The van der Waals surface area contributed by atoms with Crippen molar-refractivity contribution in [2.24, 2.45) is 5.16 Å². The van der Waals surface area contributed by atoms with Gasteiger partial charge in [-0.2, -0.15) is 4.39 Å². The molecule has 0 spiro atoms. The summed E-state index contributed by atoms with van der Waals surface area (Å²) in [4.78, 5) is 5.16. The van der Waals surface area contributed by atoms with Crippen LogP contribution in [0.1, 0.15) is 45.1 Å². The first kappa shape index (κ1) is 22.8. The average molecular weight is 451 g/mol. The van der Waals surface area contributed by atoms with Crippen molar-refractivity contribution in [3.8, 4) is 11.5 Å². The van der Waals surface area contributed by atoms with Crippen molar-refractivity contribution in [3.05, 3.63) is 33.5 Å². The smallest absolute Gasteiger partial charge is 0.165 e. The fourth-order valence-corrected chi connectivity index (χ4v) is 2.58. The molecule has 7 heteroatoms. The van der Waals surface area contributed by atoms with Crippen LogP contribution in [0.3, 0.4) is 0 Å². The Bertz CT molecular complexity index is 592. The highest BCUT2D eigenvalue weighted by Crippen LogP contribution is 2.33. The Balaban J connectivity index is 2.30. The van der Waals surface area contributed by atoms with Gasteiger partial charge >= 0.3 is 0 Å². The number of hydrogen-bond acceptors (Lipinski definition) is 4. The molecular formula is C19H26BrClFNO3. The lowest BCUT2D eigenvalue weighted by Crippen LogP contribution is -2.01. The molecule has 0 saturated carbocycles. The van der Waals surface area contributed by atoms with Crippen LogP contribution in [0, 0.1) is 6.92 Å². The molecule has 0 saturated heterocycles. The van der Waals surface area contributed by atoms with Crippen LogP contribution in [0.25, 0.3) is 0 Å². The van der Waals surface area contributed by atoms with Gasteiger partial charge < -0.3 is 14.3 Å². The molecule has 1 rings (SSSR count). The molecule has 0 aliphatic rings. The number of aryl methyl sites for hydroxylation is 1. The second kappa shape index (κ2) is 13.0. The van der Waals surface area contributed by atoms with E-state index in [2.05, 4.69) is 21.1 Å². The number of unbranched alkanes of at least 4 members (excludes halogenated alkanes) is 3. The third-order valence-electron chi connectivity index (χ3n) is 3.31. The summed E-state index contributed by atoms with van der Waals surface area (Å²) in [6.07, 6.45) is 5.33. The van der Waals surface area contributed by atoms with Gasteiger partial charge in [0.1, 0.15) is 24.7 Å². The summed E-state index contributed by atoms with van der Waals surface area (Å²) in [6.45, 7) is 7.09. The Labute approximate surface area is 168 Å². The SMILES string of the molecule is CC(C)=NOCCCCCCOc1c(C)cc(OC/C=C(\F)Br)cc1Cl. The number of rotatable bonds is 12. The normalized spacial score (nSPS) is 11.2. The zero-order valence-corrected chi connectivity index (χ0v) is 17.8. The van der Waals surface area contributed by atoms with Gasteiger partial charge in [-0.15, -0.1) is 0 Å². The van der Waals surface area contributed by atoms with Crippen LogP contribution in [-0.4, -0.2) is 25.5 Å². The van der Waals surface area contributed by atoms with E-state index < -0.39 is 4.74 Å². The molecule has 0 aliphatic heterocycles. The molecule has 4 nitrogen and oxygen atoms in total. The number of nitrogens with zero attached hydrogens (tertiary/aromatic N) is 1. The van der Waals surface area contributed by atoms with E-state index in [1.165, 1.54) is 6.08 Å². The van der Waals surface area contributed by atoms with Crippen molar-refractivity contribution >= 4 is 33.2 Å². The van der Waals surface area contributed by atoms with Crippen LogP contribution in [0.4, 0.5) is 4.39 Å². The maximum absolute atomic E-state index is 12.6. The third kappa shape index (κ3) is 10.0. The second-order valence-electron chi connectivity index (χ2n) is 5.99. The standard InChI is InChI=1S/C19H26BrClFNO3/c1-14(2)23-26-10-7-5-4-6-9-25-19-15(3)12-16(13-17(19)21)24-11-8-18(20)22/h8,12-13H,4-7,9-11H2,1-3H3/b18-8-. The summed E-state index contributed by atoms with van der Waals surface area (Å²) in [5.74, 6) is 1.24. The zero-order chi connectivity index (χ0) is 19.4. The molecule has 0 fully saturated rings. The quantitative estimate of drug-likeness (QED) is 0.205. The van der Waals surface area contributed by atoms with Gasteiger partial charge in [-0.05, 0) is 80.1 Å². The van der Waals surface area contributed by atoms with Crippen LogP contribution in [-0.2, 0) is 4.84 Å². The largest absolute Gasteiger partial charge is 0.492 e. The predicted octanol–water partition coefficient (Wildman–Crippen LogP) is 6.58. The van der Waals surface area contributed by atoms with E-state index in [0.29, 0.717) is 29.7 Å². The maximum atomic E-state index is 12.6. The minimum atomic E-state index is -0.458. The van der Waals surface area contributed by atoms with Crippen molar-refractivity contribution in [2.75, 3.05) is 19.8 Å². The van der Waals surface area contributed by atoms with E-state index in [0.717, 1.165) is 37.0 Å². The minimum Gasteiger partial charge on any atom is -0.492 e. The minimum absolute atomic E-state index is 0.125. The molecule has 0 radical (unpaired) electrons. The first-order chi connectivity index (χ1) is 12.4. The Kier molecular flexibility index (Phi) is 11.4. The topological polar surface area (TPSA) is 40.0 Å². The van der Waals surface area contributed by atoms with Crippen LogP contribution < -0.4 is 9.47 Å². The molecule has 0 heterocycles. The highest BCUT2D eigenvalue weighted by atomic mass is 79.9. The van der Waals surface area contributed by atoms with Gasteiger partial charge in [0.2, 0.25) is 0 Å². The molecule has 0 bridgehead atoms. The van der Waals surface area contributed by atoms with Gasteiger partial charge in [0, 0.05) is 6.07 Å². The molecule has 0 atom stereocenters. The van der Waals surface area contributed by atoms with Crippen molar-refractivity contribution in [1.82, 2.24) is 0 Å². The Morgan fingerprint density at radius 3 is 2.46 bits per heavy atom. The zero-order valence-electron chi connectivity index (χ0n) is 15.5. The summed E-state index contributed by atoms with van der Waals surface area (Å²) in [7, 11) is 0. The number of oxime groups is 1. The van der Waals surface area contributed by atoms with E-state index in [1.807, 2.05) is 26.8 Å². The Morgan fingerprint density at radius 1 is 1.15 bits per heavy atom. The van der Waals surface area contributed by atoms with Gasteiger partial charge in [-0.25, -0.2) is 0 Å². The third-order valence-corrected chi connectivity index (χ3v) is 3.92. The number of halogens is 3. The molecule has 146 valence electrons. The van der Waals surface area contributed by atoms with Gasteiger partial charge in [0.15, 0.2) is 4.74 Å². The van der Waals surface area contributed by atoms with Crippen molar-refractivity contribution in [1.29, 1.82) is 0 Å². The monoisotopic (exact) mass is 449 g/mol. The number of ether oxygens (including phenoxy) is 2. The summed E-state index contributed by atoms with van der Waals surface area (Å²) in [5.41, 5.74) is 1.81. The summed E-state index contributed by atoms with van der Waals surface area (Å²) < 4.78 is 23.4. The highest BCUT2D eigenvalue weighted by Gasteiger charge is 2.09. The number of benzene rings is 1. The lowest BCUT2D eigenvalue weighted by molar-refractivity contribution is 0.139. The molecule has 1 aromatic rings. The molecule has 0 N–H and O–H groups in total. The number of hydrogen-bond donors (Lipinski definition) is 0. The van der Waals surface area contributed by atoms with E-state index in [9.17, 15) is 4.39 Å². The van der Waals surface area contributed by atoms with E-state index in [1.54, 1.807) is 6.07 Å². The molecule has 0 aliphatic carbocycles. The fraction of sp³-hybridized carbons (Fsp3) is 0.526. The second-order valence-corrected chi connectivity index (χ2v) is 7.16. The molecule has 0 aromatic heterocycles. The fourth-order valence-electron chi connectivity index (χ4n) is 2.14. The Hall–Kier alpha value is -1.27. The highest BCUT2D eigenvalue weighted by molar-refractivity contribution is 9.11. The first-order valence-corrected chi connectivity index (χ1v) is 9.77. The van der Waals surface area contributed by atoms with Gasteiger partial charge in [0.05, 0.1) is 17.3 Å². The Morgan fingerprint density at radius 2 is 1.85 bits per heavy atom. The van der Waals surface area contributed by atoms with E-state index >= 15 is 0 Å². The lowest BCUT2D eigenvalue weighted by Gasteiger charge is -2.13. The molecule has 0 amide bonds. The van der Waals surface area contributed by atoms with Crippen LogP contribution in [0.2, 0.25) is 5.02 Å². The maximum Gasteiger partial charge on any atom is 0.165 e. The summed E-state index contributed by atoms with van der Waals surface area (Å²) in [5, 5.41) is 4.39. The molecule has 1 aromatic carbocycles. The molecule has 26 heavy (non-hydrogen) atoms. The lowest BCUT2D eigenvalue weighted by atomic mass is 10.2. The van der Waals surface area contributed by atoms with E-state index in [-0.39, 0.29) is 6.61 Å². The van der Waals surface area contributed by atoms with Crippen LogP contribution in [0.5, 0.6) is 11.5 Å². The predicted molar refractivity (Wildman–Crippen MR) is 109 cm³/mol. The van der Waals surface area contributed by atoms with Crippen molar-refractivity contribution < 1.29 is 18.7 Å². The van der Waals surface area contributed by atoms with Gasteiger partial charge in [-0.3, -0.25) is 0 Å². The summed E-state index contributed by atoms with van der Waals surface area (Å²) in [6, 6.07) is 3.51. The van der Waals surface area contributed by atoms with Gasteiger partial charge in [-0.1, -0.05) is 16.8 Å². The first-order valence-electron chi connectivity index (χ1n) is 8.60. The molecular weight excluding hydrogens is 425 g/mol. The van der Waals surface area contributed by atoms with Crippen LogP contribution >= 0.6 is 27.5 Å². The van der Waals surface area contributed by atoms with Gasteiger partial charge in [0.25, 0.3) is 0 Å². The summed E-state index contributed by atoms with van der Waals surface area (Å²) >= 11 is 8.97. The van der Waals surface area contributed by atoms with Crippen molar-refractivity contribution in [3.63, 3.8) is 0 Å². The average Bonchev–Trinajstić information content (AvgIpc) is 2.54. The van der Waals surface area contributed by atoms with Crippen LogP contribution in [0.15, 0.2) is 28.1 Å².